The van der Waals surface area contributed by atoms with Crippen molar-refractivity contribution >= 4 is 0 Å². The van der Waals surface area contributed by atoms with Gasteiger partial charge in [0, 0.05) is 6.04 Å². The van der Waals surface area contributed by atoms with Crippen LogP contribution < -0.4 is 5.73 Å². The van der Waals surface area contributed by atoms with E-state index >= 15 is 0 Å². The van der Waals surface area contributed by atoms with E-state index in [-0.39, 0.29) is 6.04 Å². The van der Waals surface area contributed by atoms with E-state index in [0.29, 0.717) is 5.92 Å². The second kappa shape index (κ2) is 5.31. The predicted octanol–water partition coefficient (Wildman–Crippen LogP) is 4.37. The van der Waals surface area contributed by atoms with Crippen molar-refractivity contribution in [1.29, 1.82) is 0 Å². The minimum atomic E-state index is 0.160. The molecular weight excluding hydrogens is 254 g/mol. The van der Waals surface area contributed by atoms with Gasteiger partial charge in [0.2, 0.25) is 0 Å². The van der Waals surface area contributed by atoms with Crippen LogP contribution in [-0.2, 0) is 12.8 Å². The third kappa shape index (κ3) is 2.40. The smallest absolute Gasteiger partial charge is 0.0329 e. The fourth-order valence-corrected chi connectivity index (χ4v) is 3.85. The van der Waals surface area contributed by atoms with Crippen LogP contribution in [-0.4, -0.2) is 0 Å². The van der Waals surface area contributed by atoms with Crippen molar-refractivity contribution in [2.24, 2.45) is 11.7 Å². The van der Waals surface area contributed by atoms with Crippen LogP contribution in [0, 0.1) is 5.92 Å². The Morgan fingerprint density at radius 3 is 2.00 bits per heavy atom. The third-order valence-corrected chi connectivity index (χ3v) is 5.49. The van der Waals surface area contributed by atoms with Gasteiger partial charge in [-0.2, -0.15) is 0 Å². The fourth-order valence-electron chi connectivity index (χ4n) is 3.85. The van der Waals surface area contributed by atoms with Gasteiger partial charge in [0.15, 0.2) is 0 Å². The SMILES string of the molecule is NC(c1ccc(C2CCC2)cc1)C1Cc2ccccc2C1. The van der Waals surface area contributed by atoms with Crippen molar-refractivity contribution in [3.63, 3.8) is 0 Å². The molecule has 1 heteroatoms. The normalized spacial score (nSPS) is 20.0. The molecule has 4 rings (SSSR count). The van der Waals surface area contributed by atoms with E-state index in [1.165, 1.54) is 41.5 Å². The van der Waals surface area contributed by atoms with Gasteiger partial charge in [-0.1, -0.05) is 55.0 Å². The van der Waals surface area contributed by atoms with Gasteiger partial charge in [-0.3, -0.25) is 0 Å². The Hall–Kier alpha value is -1.60. The lowest BCUT2D eigenvalue weighted by Gasteiger charge is -2.26. The number of rotatable bonds is 3. The zero-order valence-electron chi connectivity index (χ0n) is 12.5. The summed E-state index contributed by atoms with van der Waals surface area (Å²) >= 11 is 0. The highest BCUT2D eigenvalue weighted by Gasteiger charge is 2.27. The molecule has 2 aromatic carbocycles. The van der Waals surface area contributed by atoms with E-state index in [4.69, 9.17) is 5.73 Å². The number of benzene rings is 2. The van der Waals surface area contributed by atoms with Gasteiger partial charge in [-0.15, -0.1) is 0 Å². The molecule has 1 atom stereocenters. The Bertz CT molecular complexity index is 600. The summed E-state index contributed by atoms with van der Waals surface area (Å²) in [5.41, 5.74) is 12.3. The van der Waals surface area contributed by atoms with Gasteiger partial charge in [-0.05, 0) is 59.8 Å². The van der Waals surface area contributed by atoms with Crippen molar-refractivity contribution in [2.75, 3.05) is 0 Å². The van der Waals surface area contributed by atoms with E-state index in [1.807, 2.05) is 0 Å². The van der Waals surface area contributed by atoms with Crippen molar-refractivity contribution in [2.45, 2.75) is 44.1 Å². The number of nitrogens with two attached hydrogens (primary N) is 1. The lowest BCUT2D eigenvalue weighted by atomic mass is 9.79. The van der Waals surface area contributed by atoms with Gasteiger partial charge in [-0.25, -0.2) is 0 Å². The van der Waals surface area contributed by atoms with E-state index in [1.54, 1.807) is 0 Å². The van der Waals surface area contributed by atoms with Crippen LogP contribution in [0.3, 0.4) is 0 Å². The van der Waals surface area contributed by atoms with Crippen LogP contribution in [0.2, 0.25) is 0 Å². The second-order valence-corrected chi connectivity index (χ2v) is 6.76. The number of fused-ring (bicyclic) bond motifs is 1. The maximum Gasteiger partial charge on any atom is 0.0329 e. The molecule has 0 saturated heterocycles. The summed E-state index contributed by atoms with van der Waals surface area (Å²) in [5, 5.41) is 0. The van der Waals surface area contributed by atoms with Gasteiger partial charge in [0.05, 0.1) is 0 Å². The first kappa shape index (κ1) is 13.1. The summed E-state index contributed by atoms with van der Waals surface area (Å²) < 4.78 is 0. The van der Waals surface area contributed by atoms with Crippen LogP contribution >= 0.6 is 0 Å². The average molecular weight is 277 g/mol. The summed E-state index contributed by atoms with van der Waals surface area (Å²) in [5.74, 6) is 1.36. The van der Waals surface area contributed by atoms with E-state index < -0.39 is 0 Å². The summed E-state index contributed by atoms with van der Waals surface area (Å²) in [6, 6.07) is 18.1. The number of hydrogen-bond donors (Lipinski definition) is 1. The van der Waals surface area contributed by atoms with Gasteiger partial charge in [0.25, 0.3) is 0 Å². The van der Waals surface area contributed by atoms with Gasteiger partial charge < -0.3 is 5.73 Å². The monoisotopic (exact) mass is 277 g/mol. The molecule has 21 heavy (non-hydrogen) atoms. The first-order valence-electron chi connectivity index (χ1n) is 8.23. The van der Waals surface area contributed by atoms with Crippen LogP contribution in [0.4, 0.5) is 0 Å². The largest absolute Gasteiger partial charge is 0.324 e. The molecule has 1 fully saturated rings. The highest BCUT2D eigenvalue weighted by Crippen LogP contribution is 2.38. The van der Waals surface area contributed by atoms with E-state index in [2.05, 4.69) is 48.5 Å². The molecule has 2 N–H and O–H groups in total. The summed E-state index contributed by atoms with van der Waals surface area (Å²) in [6.45, 7) is 0. The number of hydrogen-bond acceptors (Lipinski definition) is 1. The van der Waals surface area contributed by atoms with Crippen LogP contribution in [0.1, 0.15) is 53.5 Å². The summed E-state index contributed by atoms with van der Waals surface area (Å²) in [7, 11) is 0. The minimum Gasteiger partial charge on any atom is -0.324 e. The molecule has 108 valence electrons. The van der Waals surface area contributed by atoms with Crippen molar-refractivity contribution in [1.82, 2.24) is 0 Å². The molecule has 0 radical (unpaired) electrons. The zero-order chi connectivity index (χ0) is 14.2. The molecule has 1 saturated carbocycles. The first-order chi connectivity index (χ1) is 10.3. The van der Waals surface area contributed by atoms with Crippen LogP contribution in [0.25, 0.3) is 0 Å². The zero-order valence-corrected chi connectivity index (χ0v) is 12.5. The van der Waals surface area contributed by atoms with E-state index in [9.17, 15) is 0 Å². The molecule has 0 bridgehead atoms. The topological polar surface area (TPSA) is 26.0 Å². The van der Waals surface area contributed by atoms with Crippen molar-refractivity contribution < 1.29 is 0 Å². The van der Waals surface area contributed by atoms with Gasteiger partial charge in [0.1, 0.15) is 0 Å². The Labute approximate surface area is 127 Å². The summed E-state index contributed by atoms with van der Waals surface area (Å²) in [4.78, 5) is 0. The molecule has 0 aliphatic heterocycles. The molecule has 2 aromatic rings. The maximum absolute atomic E-state index is 6.55. The highest BCUT2D eigenvalue weighted by atomic mass is 14.7. The molecule has 2 aliphatic carbocycles. The first-order valence-corrected chi connectivity index (χ1v) is 8.23. The Kier molecular flexibility index (Phi) is 3.31. The molecule has 0 heterocycles. The fraction of sp³-hybridized carbons (Fsp3) is 0.400. The molecule has 1 nitrogen and oxygen atoms in total. The van der Waals surface area contributed by atoms with Crippen molar-refractivity contribution in [3.05, 3.63) is 70.8 Å². The second-order valence-electron chi connectivity index (χ2n) is 6.76. The Morgan fingerprint density at radius 1 is 0.857 bits per heavy atom. The molecule has 0 spiro atoms. The Morgan fingerprint density at radius 2 is 1.48 bits per heavy atom. The van der Waals surface area contributed by atoms with Crippen LogP contribution in [0.15, 0.2) is 48.5 Å². The highest BCUT2D eigenvalue weighted by molar-refractivity contribution is 5.35. The molecule has 2 aliphatic rings. The lowest BCUT2D eigenvalue weighted by Crippen LogP contribution is -2.22. The van der Waals surface area contributed by atoms with Gasteiger partial charge >= 0.3 is 0 Å². The molecule has 1 unspecified atom stereocenters. The maximum atomic E-state index is 6.55. The molecule has 0 amide bonds. The minimum absolute atomic E-state index is 0.160. The Balaban J connectivity index is 1.49. The predicted molar refractivity (Wildman–Crippen MR) is 87.3 cm³/mol. The lowest BCUT2D eigenvalue weighted by molar-refractivity contribution is 0.419. The van der Waals surface area contributed by atoms with Crippen molar-refractivity contribution in [3.8, 4) is 0 Å². The molecule has 0 aromatic heterocycles. The standard InChI is InChI=1S/C20H23N/c21-20(19-12-17-4-1-2-5-18(17)13-19)16-10-8-15(9-11-16)14-6-3-7-14/h1-2,4-5,8-11,14,19-20H,3,6-7,12-13,21H2. The molecular formula is C20H23N. The summed E-state index contributed by atoms with van der Waals surface area (Å²) in [6.07, 6.45) is 6.38. The van der Waals surface area contributed by atoms with Crippen LogP contribution in [0.5, 0.6) is 0 Å². The van der Waals surface area contributed by atoms with E-state index in [0.717, 1.165) is 18.8 Å². The average Bonchev–Trinajstić information content (AvgIpc) is 2.89. The third-order valence-electron chi connectivity index (χ3n) is 5.49. The quantitative estimate of drug-likeness (QED) is 0.886.